The van der Waals surface area contributed by atoms with Crippen LogP contribution in [0.3, 0.4) is 0 Å². The molecule has 1 heterocycles. The Kier molecular flexibility index (Phi) is 4.49. The first-order valence-corrected chi connectivity index (χ1v) is 6.27. The van der Waals surface area contributed by atoms with Gasteiger partial charge in [0.2, 0.25) is 0 Å². The summed E-state index contributed by atoms with van der Waals surface area (Å²) in [5.41, 5.74) is 0.846. The zero-order valence-electron chi connectivity index (χ0n) is 11.4. The van der Waals surface area contributed by atoms with E-state index in [2.05, 4.69) is 20.6 Å². The molecule has 0 unspecified atom stereocenters. The van der Waals surface area contributed by atoms with Crippen LogP contribution in [-0.2, 0) is 0 Å². The summed E-state index contributed by atoms with van der Waals surface area (Å²) in [6, 6.07) is 7.25. The summed E-state index contributed by atoms with van der Waals surface area (Å²) in [5, 5.41) is 5.61. The Morgan fingerprint density at radius 3 is 2.85 bits per heavy atom. The van der Waals surface area contributed by atoms with Crippen molar-refractivity contribution >= 4 is 17.4 Å². The number of hydrogen-bond donors (Lipinski definition) is 2. The second kappa shape index (κ2) is 6.51. The van der Waals surface area contributed by atoms with Crippen molar-refractivity contribution in [2.75, 3.05) is 24.3 Å². The van der Waals surface area contributed by atoms with Crippen LogP contribution in [0.15, 0.2) is 36.7 Å². The van der Waals surface area contributed by atoms with E-state index in [1.54, 1.807) is 25.4 Å². The monoisotopic (exact) mass is 272 g/mol. The van der Waals surface area contributed by atoms with E-state index in [9.17, 15) is 4.79 Å². The van der Waals surface area contributed by atoms with Gasteiger partial charge in [0, 0.05) is 7.05 Å². The highest BCUT2D eigenvalue weighted by Crippen LogP contribution is 2.24. The Bertz CT molecular complexity index is 601. The summed E-state index contributed by atoms with van der Waals surface area (Å²) in [6.45, 7) is 2.42. The molecule has 6 nitrogen and oxygen atoms in total. The first-order valence-electron chi connectivity index (χ1n) is 6.27. The molecule has 104 valence electrons. The van der Waals surface area contributed by atoms with E-state index in [-0.39, 0.29) is 11.6 Å². The van der Waals surface area contributed by atoms with Gasteiger partial charge >= 0.3 is 0 Å². The molecular weight excluding hydrogens is 256 g/mol. The summed E-state index contributed by atoms with van der Waals surface area (Å²) in [4.78, 5) is 20.2. The minimum absolute atomic E-state index is 0.239. The highest BCUT2D eigenvalue weighted by atomic mass is 16.5. The molecule has 0 fully saturated rings. The van der Waals surface area contributed by atoms with E-state index in [0.717, 1.165) is 0 Å². The number of para-hydroxylation sites is 2. The summed E-state index contributed by atoms with van der Waals surface area (Å²) in [7, 11) is 1.72. The molecule has 2 N–H and O–H groups in total. The fraction of sp³-hybridized carbons (Fsp3) is 0.214. The fourth-order valence-electron chi connectivity index (χ4n) is 1.63. The number of hydrogen-bond acceptors (Lipinski definition) is 5. The first-order chi connectivity index (χ1) is 9.74. The standard InChI is InChI=1S/C14H16N4O2/c1-3-20-12-7-5-4-6-10(12)18-14(19)11-8-16-9-13(15-2)17-11/h4-9H,3H2,1-2H3,(H,15,17)(H,18,19). The number of amides is 1. The molecule has 0 saturated heterocycles. The zero-order valence-corrected chi connectivity index (χ0v) is 11.4. The number of ether oxygens (including phenoxy) is 1. The highest BCUT2D eigenvalue weighted by Gasteiger charge is 2.11. The topological polar surface area (TPSA) is 76.1 Å². The van der Waals surface area contributed by atoms with Crippen LogP contribution in [-0.4, -0.2) is 29.5 Å². The van der Waals surface area contributed by atoms with E-state index >= 15 is 0 Å². The molecule has 2 aromatic rings. The third kappa shape index (κ3) is 3.23. The normalized spacial score (nSPS) is 9.90. The van der Waals surface area contributed by atoms with Crippen molar-refractivity contribution in [1.82, 2.24) is 9.97 Å². The first kappa shape index (κ1) is 13.8. The quantitative estimate of drug-likeness (QED) is 0.872. The summed E-state index contributed by atoms with van der Waals surface area (Å²) in [6.07, 6.45) is 2.96. The Hall–Kier alpha value is -2.63. The summed E-state index contributed by atoms with van der Waals surface area (Å²) < 4.78 is 5.46. The Morgan fingerprint density at radius 1 is 1.30 bits per heavy atom. The molecule has 1 amide bonds. The smallest absolute Gasteiger partial charge is 0.276 e. The van der Waals surface area contributed by atoms with E-state index in [1.807, 2.05) is 19.1 Å². The number of anilines is 2. The van der Waals surface area contributed by atoms with Gasteiger partial charge in [-0.1, -0.05) is 12.1 Å². The van der Waals surface area contributed by atoms with Crippen LogP contribution in [0.5, 0.6) is 5.75 Å². The van der Waals surface area contributed by atoms with Gasteiger partial charge in [0.1, 0.15) is 17.3 Å². The van der Waals surface area contributed by atoms with Gasteiger partial charge in [-0.25, -0.2) is 4.98 Å². The predicted molar refractivity (Wildman–Crippen MR) is 77.1 cm³/mol. The molecule has 0 aliphatic carbocycles. The number of rotatable bonds is 5. The fourth-order valence-corrected chi connectivity index (χ4v) is 1.63. The molecule has 0 bridgehead atoms. The van der Waals surface area contributed by atoms with Gasteiger partial charge < -0.3 is 15.4 Å². The number of carbonyl (C=O) groups excluding carboxylic acids is 1. The molecular formula is C14H16N4O2. The number of nitrogens with one attached hydrogen (secondary N) is 2. The van der Waals surface area contributed by atoms with Gasteiger partial charge in [-0.3, -0.25) is 9.78 Å². The van der Waals surface area contributed by atoms with Gasteiger partial charge in [0.15, 0.2) is 0 Å². The summed E-state index contributed by atoms with van der Waals surface area (Å²) in [5.74, 6) is 0.832. The molecule has 0 aliphatic heterocycles. The maximum absolute atomic E-state index is 12.1. The van der Waals surface area contributed by atoms with Gasteiger partial charge in [-0.2, -0.15) is 0 Å². The van der Waals surface area contributed by atoms with Crippen molar-refractivity contribution in [3.63, 3.8) is 0 Å². The number of carbonyl (C=O) groups is 1. The SMILES string of the molecule is CCOc1ccccc1NC(=O)c1cncc(NC)n1. The lowest BCUT2D eigenvalue weighted by Gasteiger charge is -2.11. The molecule has 1 aromatic heterocycles. The van der Waals surface area contributed by atoms with Crippen molar-refractivity contribution in [1.29, 1.82) is 0 Å². The average Bonchev–Trinajstić information content (AvgIpc) is 2.49. The molecule has 0 saturated carbocycles. The van der Waals surface area contributed by atoms with Crippen molar-refractivity contribution in [3.8, 4) is 5.75 Å². The molecule has 6 heteroatoms. The average molecular weight is 272 g/mol. The van der Waals surface area contributed by atoms with Crippen molar-refractivity contribution in [2.45, 2.75) is 6.92 Å². The van der Waals surface area contributed by atoms with Crippen LogP contribution < -0.4 is 15.4 Å². The third-order valence-corrected chi connectivity index (χ3v) is 2.56. The highest BCUT2D eigenvalue weighted by molar-refractivity contribution is 6.03. The van der Waals surface area contributed by atoms with Gasteiger partial charge in [-0.05, 0) is 19.1 Å². The van der Waals surface area contributed by atoms with Crippen molar-refractivity contribution in [2.24, 2.45) is 0 Å². The second-order valence-electron chi connectivity index (χ2n) is 3.92. The number of benzene rings is 1. The lowest BCUT2D eigenvalue weighted by atomic mass is 10.3. The molecule has 20 heavy (non-hydrogen) atoms. The van der Waals surface area contributed by atoms with Crippen LogP contribution in [0.1, 0.15) is 17.4 Å². The van der Waals surface area contributed by atoms with Crippen LogP contribution in [0, 0.1) is 0 Å². The molecule has 0 aliphatic rings. The minimum atomic E-state index is -0.332. The Balaban J connectivity index is 2.19. The molecule has 0 atom stereocenters. The summed E-state index contributed by atoms with van der Waals surface area (Å²) >= 11 is 0. The van der Waals surface area contributed by atoms with Gasteiger partial charge in [0.25, 0.3) is 5.91 Å². The molecule has 2 rings (SSSR count). The van der Waals surface area contributed by atoms with Gasteiger partial charge in [-0.15, -0.1) is 0 Å². The van der Waals surface area contributed by atoms with Crippen molar-refractivity contribution in [3.05, 3.63) is 42.4 Å². The molecule has 0 radical (unpaired) electrons. The minimum Gasteiger partial charge on any atom is -0.492 e. The van der Waals surface area contributed by atoms with E-state index in [4.69, 9.17) is 4.74 Å². The van der Waals surface area contributed by atoms with Crippen LogP contribution in [0.4, 0.5) is 11.5 Å². The van der Waals surface area contributed by atoms with Crippen LogP contribution in [0.2, 0.25) is 0 Å². The van der Waals surface area contributed by atoms with Crippen LogP contribution >= 0.6 is 0 Å². The predicted octanol–water partition coefficient (Wildman–Crippen LogP) is 2.17. The maximum atomic E-state index is 12.1. The lowest BCUT2D eigenvalue weighted by molar-refractivity contribution is 0.102. The van der Waals surface area contributed by atoms with E-state index < -0.39 is 0 Å². The van der Waals surface area contributed by atoms with E-state index in [1.165, 1.54) is 6.20 Å². The maximum Gasteiger partial charge on any atom is 0.276 e. The molecule has 0 spiro atoms. The van der Waals surface area contributed by atoms with Gasteiger partial charge in [0.05, 0.1) is 24.7 Å². The van der Waals surface area contributed by atoms with Crippen LogP contribution in [0.25, 0.3) is 0 Å². The number of aromatic nitrogens is 2. The zero-order chi connectivity index (χ0) is 14.4. The second-order valence-corrected chi connectivity index (χ2v) is 3.92. The third-order valence-electron chi connectivity index (χ3n) is 2.56. The largest absolute Gasteiger partial charge is 0.492 e. The lowest BCUT2D eigenvalue weighted by Crippen LogP contribution is -2.15. The van der Waals surface area contributed by atoms with E-state index in [0.29, 0.717) is 23.9 Å². The molecule has 1 aromatic carbocycles. The van der Waals surface area contributed by atoms with Crippen molar-refractivity contribution < 1.29 is 9.53 Å². The Morgan fingerprint density at radius 2 is 2.10 bits per heavy atom. The Labute approximate surface area is 117 Å². The number of nitrogens with zero attached hydrogens (tertiary/aromatic N) is 2.